The number of pyridine rings is 1. The van der Waals surface area contributed by atoms with Crippen molar-refractivity contribution < 1.29 is 8.42 Å². The van der Waals surface area contributed by atoms with Gasteiger partial charge in [-0.3, -0.25) is 9.71 Å². The summed E-state index contributed by atoms with van der Waals surface area (Å²) in [6.45, 7) is 0.119. The van der Waals surface area contributed by atoms with Gasteiger partial charge in [0, 0.05) is 24.0 Å². The molecule has 106 valence electrons. The van der Waals surface area contributed by atoms with Gasteiger partial charge in [-0.15, -0.1) is 0 Å². The number of nitrogens with zero attached hydrogens (tertiary/aromatic N) is 1. The Labute approximate surface area is 126 Å². The SMILES string of the molecule is NCc1cc(S(=O)(=O)Nc2ccncc2)c(Cl)cc1Cl. The van der Waals surface area contributed by atoms with Gasteiger partial charge < -0.3 is 5.73 Å². The van der Waals surface area contributed by atoms with E-state index in [0.29, 0.717) is 16.3 Å². The van der Waals surface area contributed by atoms with Gasteiger partial charge in [0.1, 0.15) is 4.90 Å². The maximum absolute atomic E-state index is 12.3. The number of rotatable bonds is 4. The third-order valence-electron chi connectivity index (χ3n) is 2.54. The molecule has 1 heterocycles. The molecule has 2 aromatic rings. The molecule has 1 aromatic heterocycles. The molecule has 0 aliphatic carbocycles. The van der Waals surface area contributed by atoms with E-state index in [9.17, 15) is 8.42 Å². The van der Waals surface area contributed by atoms with Crippen LogP contribution in [0.5, 0.6) is 0 Å². The summed E-state index contributed by atoms with van der Waals surface area (Å²) in [5.41, 5.74) is 6.41. The van der Waals surface area contributed by atoms with E-state index >= 15 is 0 Å². The number of nitrogens with one attached hydrogen (secondary N) is 1. The van der Waals surface area contributed by atoms with Crippen LogP contribution in [0.2, 0.25) is 10.0 Å². The van der Waals surface area contributed by atoms with Crippen LogP contribution in [-0.4, -0.2) is 13.4 Å². The number of hydrogen-bond acceptors (Lipinski definition) is 4. The van der Waals surface area contributed by atoms with E-state index in [1.807, 2.05) is 0 Å². The van der Waals surface area contributed by atoms with E-state index < -0.39 is 10.0 Å². The minimum Gasteiger partial charge on any atom is -0.326 e. The van der Waals surface area contributed by atoms with Crippen LogP contribution in [0.15, 0.2) is 41.6 Å². The molecule has 2 rings (SSSR count). The Bertz CT molecular complexity index is 721. The average molecular weight is 332 g/mol. The van der Waals surface area contributed by atoms with Crippen molar-refractivity contribution in [3.05, 3.63) is 52.3 Å². The van der Waals surface area contributed by atoms with Crippen LogP contribution < -0.4 is 10.5 Å². The normalized spacial score (nSPS) is 11.3. The summed E-state index contributed by atoms with van der Waals surface area (Å²) in [7, 11) is -3.82. The van der Waals surface area contributed by atoms with Gasteiger partial charge in [-0.1, -0.05) is 23.2 Å². The van der Waals surface area contributed by atoms with E-state index in [4.69, 9.17) is 28.9 Å². The zero-order chi connectivity index (χ0) is 14.8. The standard InChI is InChI=1S/C12H11Cl2N3O2S/c13-10-6-11(14)12(5-8(10)7-15)20(18,19)17-9-1-3-16-4-2-9/h1-6H,7,15H2,(H,16,17). The smallest absolute Gasteiger partial charge is 0.263 e. The fraction of sp³-hybridized carbons (Fsp3) is 0.0833. The Morgan fingerprint density at radius 3 is 2.40 bits per heavy atom. The summed E-state index contributed by atoms with van der Waals surface area (Å²) in [6.07, 6.45) is 2.96. The lowest BCUT2D eigenvalue weighted by atomic mass is 10.2. The van der Waals surface area contributed by atoms with Crippen LogP contribution in [0.25, 0.3) is 0 Å². The van der Waals surface area contributed by atoms with Gasteiger partial charge in [0.2, 0.25) is 0 Å². The summed E-state index contributed by atoms with van der Waals surface area (Å²) >= 11 is 11.9. The van der Waals surface area contributed by atoms with Crippen LogP contribution in [0.3, 0.4) is 0 Å². The first-order chi connectivity index (χ1) is 9.44. The molecule has 0 fully saturated rings. The van der Waals surface area contributed by atoms with Crippen LogP contribution in [0, 0.1) is 0 Å². The lowest BCUT2D eigenvalue weighted by Gasteiger charge is -2.11. The monoisotopic (exact) mass is 331 g/mol. The van der Waals surface area contributed by atoms with Crippen molar-refractivity contribution in [3.8, 4) is 0 Å². The molecule has 0 saturated carbocycles. The van der Waals surface area contributed by atoms with Gasteiger partial charge >= 0.3 is 0 Å². The maximum Gasteiger partial charge on any atom is 0.263 e. The molecule has 0 saturated heterocycles. The molecule has 0 amide bonds. The van der Waals surface area contributed by atoms with Crippen molar-refractivity contribution in [2.24, 2.45) is 5.73 Å². The molecule has 0 unspecified atom stereocenters. The molecule has 1 aromatic carbocycles. The highest BCUT2D eigenvalue weighted by atomic mass is 35.5. The number of hydrogen-bond donors (Lipinski definition) is 2. The molecule has 0 aliphatic rings. The first-order valence-electron chi connectivity index (χ1n) is 5.55. The zero-order valence-corrected chi connectivity index (χ0v) is 12.5. The van der Waals surface area contributed by atoms with Gasteiger partial charge in [0.05, 0.1) is 10.7 Å². The second-order valence-corrected chi connectivity index (χ2v) is 6.38. The number of nitrogens with two attached hydrogens (primary N) is 1. The van der Waals surface area contributed by atoms with Crippen molar-refractivity contribution in [1.29, 1.82) is 0 Å². The number of halogens is 2. The molecule has 3 N–H and O–H groups in total. The van der Waals surface area contributed by atoms with Crippen LogP contribution in [0.4, 0.5) is 5.69 Å². The number of anilines is 1. The number of aromatic nitrogens is 1. The summed E-state index contributed by atoms with van der Waals surface area (Å²) in [5, 5.41) is 0.370. The number of sulfonamides is 1. The fourth-order valence-corrected chi connectivity index (χ4v) is 3.50. The minimum atomic E-state index is -3.82. The van der Waals surface area contributed by atoms with E-state index in [1.54, 1.807) is 0 Å². The van der Waals surface area contributed by atoms with Crippen molar-refractivity contribution >= 4 is 38.9 Å². The van der Waals surface area contributed by atoms with E-state index in [0.717, 1.165) is 0 Å². The second-order valence-electron chi connectivity index (χ2n) is 3.92. The molecule has 8 heteroatoms. The Hall–Kier alpha value is -1.34. The minimum absolute atomic E-state index is 0.0359. The third kappa shape index (κ3) is 3.21. The van der Waals surface area contributed by atoms with Gasteiger partial charge in [0.25, 0.3) is 10.0 Å². The third-order valence-corrected chi connectivity index (χ3v) is 4.74. The highest BCUT2D eigenvalue weighted by molar-refractivity contribution is 7.92. The molecular formula is C12H11Cl2N3O2S. The van der Waals surface area contributed by atoms with Gasteiger partial charge in [-0.05, 0) is 29.8 Å². The molecule has 0 radical (unpaired) electrons. The lowest BCUT2D eigenvalue weighted by molar-refractivity contribution is 0.601. The van der Waals surface area contributed by atoms with E-state index in [1.165, 1.54) is 36.7 Å². The Balaban J connectivity index is 2.44. The van der Waals surface area contributed by atoms with E-state index in [-0.39, 0.29) is 16.5 Å². The van der Waals surface area contributed by atoms with Crippen LogP contribution in [0.1, 0.15) is 5.56 Å². The van der Waals surface area contributed by atoms with Crippen LogP contribution >= 0.6 is 23.2 Å². The Morgan fingerprint density at radius 2 is 1.80 bits per heavy atom. The summed E-state index contributed by atoms with van der Waals surface area (Å²) in [6, 6.07) is 5.80. The maximum atomic E-state index is 12.3. The topological polar surface area (TPSA) is 85.1 Å². The predicted octanol–water partition coefficient (Wildman–Crippen LogP) is 2.65. The highest BCUT2D eigenvalue weighted by Crippen LogP contribution is 2.29. The van der Waals surface area contributed by atoms with Gasteiger partial charge in [-0.25, -0.2) is 8.42 Å². The second kappa shape index (κ2) is 5.97. The Morgan fingerprint density at radius 1 is 1.15 bits per heavy atom. The molecule has 0 atom stereocenters. The van der Waals surface area contributed by atoms with Crippen molar-refractivity contribution in [3.63, 3.8) is 0 Å². The molecule has 0 spiro atoms. The van der Waals surface area contributed by atoms with Crippen molar-refractivity contribution in [1.82, 2.24) is 4.98 Å². The van der Waals surface area contributed by atoms with Crippen molar-refractivity contribution in [2.75, 3.05) is 4.72 Å². The first-order valence-corrected chi connectivity index (χ1v) is 7.79. The predicted molar refractivity (Wildman–Crippen MR) is 79.4 cm³/mol. The largest absolute Gasteiger partial charge is 0.326 e. The van der Waals surface area contributed by atoms with E-state index in [2.05, 4.69) is 9.71 Å². The summed E-state index contributed by atoms with van der Waals surface area (Å²) in [5.74, 6) is 0. The summed E-state index contributed by atoms with van der Waals surface area (Å²) in [4.78, 5) is 3.74. The van der Waals surface area contributed by atoms with Crippen molar-refractivity contribution in [2.45, 2.75) is 11.4 Å². The van der Waals surface area contributed by atoms with Gasteiger partial charge in [-0.2, -0.15) is 0 Å². The summed E-state index contributed by atoms with van der Waals surface area (Å²) < 4.78 is 27.0. The lowest BCUT2D eigenvalue weighted by Crippen LogP contribution is -2.14. The highest BCUT2D eigenvalue weighted by Gasteiger charge is 2.20. The van der Waals surface area contributed by atoms with Gasteiger partial charge in [0.15, 0.2) is 0 Å². The Kier molecular flexibility index (Phi) is 4.49. The average Bonchev–Trinajstić information content (AvgIpc) is 2.39. The molecule has 0 bridgehead atoms. The zero-order valence-electron chi connectivity index (χ0n) is 10.2. The van der Waals surface area contributed by atoms with Crippen LogP contribution in [-0.2, 0) is 16.6 Å². The molecule has 5 nitrogen and oxygen atoms in total. The molecule has 20 heavy (non-hydrogen) atoms. The number of benzene rings is 1. The molecular weight excluding hydrogens is 321 g/mol. The quantitative estimate of drug-likeness (QED) is 0.901. The fourth-order valence-electron chi connectivity index (χ4n) is 1.56. The molecule has 0 aliphatic heterocycles. The first kappa shape index (κ1) is 15.1.